The summed E-state index contributed by atoms with van der Waals surface area (Å²) in [6.45, 7) is 6.55. The molecule has 0 N–H and O–H groups in total. The highest BCUT2D eigenvalue weighted by Crippen LogP contribution is 2.32. The Morgan fingerprint density at radius 2 is 1.79 bits per heavy atom. The molecule has 0 saturated carbocycles. The van der Waals surface area contributed by atoms with Gasteiger partial charge in [-0.15, -0.1) is 0 Å². The van der Waals surface area contributed by atoms with E-state index in [2.05, 4.69) is 9.88 Å². The molecule has 0 fully saturated rings. The quantitative estimate of drug-likeness (QED) is 0.270. The summed E-state index contributed by atoms with van der Waals surface area (Å²) in [7, 11) is -3.68. The van der Waals surface area contributed by atoms with Crippen molar-refractivity contribution in [2.24, 2.45) is 0 Å². The highest BCUT2D eigenvalue weighted by atomic mass is 35.5. The van der Waals surface area contributed by atoms with Crippen molar-refractivity contribution in [3.63, 3.8) is 0 Å². The van der Waals surface area contributed by atoms with Crippen LogP contribution in [0.2, 0.25) is 5.02 Å². The monoisotopic (exact) mass is 524 g/mol. The number of nitrogens with zero attached hydrogens (tertiary/aromatic N) is 4. The largest absolute Gasteiger partial charge is 0.302 e. The van der Waals surface area contributed by atoms with Gasteiger partial charge in [-0.3, -0.25) is 19.8 Å². The third-order valence-electron chi connectivity index (χ3n) is 5.40. The van der Waals surface area contributed by atoms with E-state index in [0.717, 1.165) is 13.1 Å². The van der Waals surface area contributed by atoms with Gasteiger partial charge in [0.15, 0.2) is 15.0 Å². The van der Waals surface area contributed by atoms with Crippen LogP contribution in [-0.2, 0) is 14.6 Å². The normalized spacial score (nSPS) is 11.8. The van der Waals surface area contributed by atoms with Crippen LogP contribution in [0.3, 0.4) is 0 Å². The fraction of sp³-hybridized carbons (Fsp3) is 0.364. The Labute approximate surface area is 207 Å². The molecule has 0 saturated heterocycles. The first kappa shape index (κ1) is 26.0. The fourth-order valence-electron chi connectivity index (χ4n) is 3.35. The SMILES string of the molecule is CCN(CC)CCN(C(=O)CCS(=O)(=O)c1ccc(Cl)cc1)c1nc2ccc([N+](=O)[O-])cc2s1. The number of benzene rings is 2. The average Bonchev–Trinajstić information content (AvgIpc) is 3.23. The zero-order valence-electron chi connectivity index (χ0n) is 18.8. The Balaban J connectivity index is 1.84. The summed E-state index contributed by atoms with van der Waals surface area (Å²) in [4.78, 5) is 32.0. The van der Waals surface area contributed by atoms with Crippen molar-refractivity contribution in [2.45, 2.75) is 25.2 Å². The highest BCUT2D eigenvalue weighted by Gasteiger charge is 2.24. The lowest BCUT2D eigenvalue weighted by Crippen LogP contribution is -2.39. The molecule has 0 atom stereocenters. The van der Waals surface area contributed by atoms with Gasteiger partial charge in [0.2, 0.25) is 5.91 Å². The molecule has 1 heterocycles. The maximum atomic E-state index is 13.2. The molecule has 0 spiro atoms. The number of likely N-dealkylation sites (N-methyl/N-ethyl adjacent to an activating group) is 1. The first-order valence-electron chi connectivity index (χ1n) is 10.7. The molecule has 0 unspecified atom stereocenters. The van der Waals surface area contributed by atoms with Gasteiger partial charge in [0.25, 0.3) is 5.69 Å². The van der Waals surface area contributed by atoms with E-state index in [-0.39, 0.29) is 28.7 Å². The number of nitro groups is 1. The second-order valence-corrected chi connectivity index (χ2v) is 11.1. The number of carbonyl (C=O) groups excluding carboxylic acids is 1. The molecular weight excluding hydrogens is 500 g/mol. The summed E-state index contributed by atoms with van der Waals surface area (Å²) < 4.78 is 26.0. The number of aromatic nitrogens is 1. The molecule has 0 bridgehead atoms. The number of sulfone groups is 1. The minimum atomic E-state index is -3.68. The second-order valence-electron chi connectivity index (χ2n) is 7.50. The maximum absolute atomic E-state index is 13.2. The summed E-state index contributed by atoms with van der Waals surface area (Å²) in [5.74, 6) is -0.732. The van der Waals surface area contributed by atoms with E-state index < -0.39 is 14.8 Å². The number of hydrogen-bond acceptors (Lipinski definition) is 8. The van der Waals surface area contributed by atoms with Crippen LogP contribution >= 0.6 is 22.9 Å². The summed E-state index contributed by atoms with van der Waals surface area (Å²) in [5, 5.41) is 11.9. The van der Waals surface area contributed by atoms with Gasteiger partial charge >= 0.3 is 0 Å². The summed E-state index contributed by atoms with van der Waals surface area (Å²) >= 11 is 7.01. The van der Waals surface area contributed by atoms with E-state index in [1.807, 2.05) is 13.8 Å². The minimum absolute atomic E-state index is 0.0576. The van der Waals surface area contributed by atoms with E-state index in [4.69, 9.17) is 11.6 Å². The van der Waals surface area contributed by atoms with Gasteiger partial charge in [-0.05, 0) is 43.4 Å². The topological polar surface area (TPSA) is 114 Å². The lowest BCUT2D eigenvalue weighted by atomic mass is 10.3. The Hall–Kier alpha value is -2.60. The van der Waals surface area contributed by atoms with Crippen LogP contribution < -0.4 is 4.90 Å². The van der Waals surface area contributed by atoms with Crippen molar-refractivity contribution in [3.8, 4) is 0 Å². The molecule has 12 heteroatoms. The molecule has 182 valence electrons. The summed E-state index contributed by atoms with van der Waals surface area (Å²) in [5.41, 5.74) is 0.484. The zero-order chi connectivity index (χ0) is 24.9. The average molecular weight is 525 g/mol. The molecule has 3 rings (SSSR count). The number of halogens is 1. The molecule has 1 aromatic heterocycles. The molecule has 3 aromatic rings. The number of fused-ring (bicyclic) bond motifs is 1. The smallest absolute Gasteiger partial charge is 0.270 e. The maximum Gasteiger partial charge on any atom is 0.270 e. The number of nitro benzene ring substituents is 1. The van der Waals surface area contributed by atoms with Gasteiger partial charge < -0.3 is 4.90 Å². The van der Waals surface area contributed by atoms with E-state index >= 15 is 0 Å². The van der Waals surface area contributed by atoms with Crippen molar-refractivity contribution in [3.05, 3.63) is 57.6 Å². The number of hydrogen-bond donors (Lipinski definition) is 0. The van der Waals surface area contributed by atoms with Gasteiger partial charge in [-0.25, -0.2) is 13.4 Å². The lowest BCUT2D eigenvalue weighted by Gasteiger charge is -2.24. The molecule has 0 aliphatic heterocycles. The summed E-state index contributed by atoms with van der Waals surface area (Å²) in [6.07, 6.45) is -0.223. The van der Waals surface area contributed by atoms with Crippen LogP contribution in [0.4, 0.5) is 10.8 Å². The van der Waals surface area contributed by atoms with Crippen LogP contribution in [0, 0.1) is 10.1 Å². The zero-order valence-corrected chi connectivity index (χ0v) is 21.2. The molecule has 2 aromatic carbocycles. The van der Waals surface area contributed by atoms with Crippen molar-refractivity contribution in [1.82, 2.24) is 9.88 Å². The van der Waals surface area contributed by atoms with Crippen molar-refractivity contribution < 1.29 is 18.1 Å². The number of amides is 1. The van der Waals surface area contributed by atoms with E-state index in [1.54, 1.807) is 6.07 Å². The van der Waals surface area contributed by atoms with E-state index in [1.165, 1.54) is 52.6 Å². The third kappa shape index (κ3) is 6.29. The number of non-ortho nitro benzene ring substituents is 1. The molecule has 1 amide bonds. The molecule has 34 heavy (non-hydrogen) atoms. The van der Waals surface area contributed by atoms with Crippen molar-refractivity contribution >= 4 is 59.7 Å². The number of carbonyl (C=O) groups is 1. The molecule has 9 nitrogen and oxygen atoms in total. The van der Waals surface area contributed by atoms with Gasteiger partial charge in [0.1, 0.15) is 0 Å². The molecular formula is C22H25ClN4O5S2. The van der Waals surface area contributed by atoms with Gasteiger partial charge in [0.05, 0.1) is 25.8 Å². The van der Waals surface area contributed by atoms with Crippen LogP contribution in [0.5, 0.6) is 0 Å². The predicted octanol–water partition coefficient (Wildman–Crippen LogP) is 4.40. The fourth-order valence-corrected chi connectivity index (χ4v) is 5.75. The van der Waals surface area contributed by atoms with Crippen LogP contribution in [0.15, 0.2) is 47.4 Å². The van der Waals surface area contributed by atoms with Gasteiger partial charge in [-0.1, -0.05) is 36.8 Å². The van der Waals surface area contributed by atoms with Crippen molar-refractivity contribution in [1.29, 1.82) is 0 Å². The number of thiazole rings is 1. The first-order valence-corrected chi connectivity index (χ1v) is 13.5. The van der Waals surface area contributed by atoms with Gasteiger partial charge in [0, 0.05) is 36.7 Å². The molecule has 0 aliphatic rings. The number of anilines is 1. The number of rotatable bonds is 11. The third-order valence-corrected chi connectivity index (χ3v) is 8.42. The Kier molecular flexibility index (Phi) is 8.58. The van der Waals surface area contributed by atoms with Crippen molar-refractivity contribution in [2.75, 3.05) is 36.8 Å². The van der Waals surface area contributed by atoms with Crippen LogP contribution in [0.1, 0.15) is 20.3 Å². The Morgan fingerprint density at radius 1 is 1.12 bits per heavy atom. The highest BCUT2D eigenvalue weighted by molar-refractivity contribution is 7.91. The molecule has 0 radical (unpaired) electrons. The minimum Gasteiger partial charge on any atom is -0.302 e. The van der Waals surface area contributed by atoms with E-state index in [0.29, 0.717) is 33.5 Å². The lowest BCUT2D eigenvalue weighted by molar-refractivity contribution is -0.384. The Morgan fingerprint density at radius 3 is 2.41 bits per heavy atom. The van der Waals surface area contributed by atoms with E-state index in [9.17, 15) is 23.3 Å². The summed E-state index contributed by atoms with van der Waals surface area (Å²) in [6, 6.07) is 10.2. The Bertz CT molecular complexity index is 1270. The second kappa shape index (κ2) is 11.2. The predicted molar refractivity (Wildman–Crippen MR) is 135 cm³/mol. The van der Waals surface area contributed by atoms with Crippen LogP contribution in [-0.4, -0.2) is 61.1 Å². The van der Waals surface area contributed by atoms with Gasteiger partial charge in [-0.2, -0.15) is 0 Å². The van der Waals surface area contributed by atoms with Crippen LogP contribution in [0.25, 0.3) is 10.2 Å². The molecule has 0 aliphatic carbocycles. The first-order chi connectivity index (χ1) is 16.1. The standard InChI is InChI=1S/C22H25ClN4O5S2/c1-3-25(4-2)12-13-26(22-24-19-10-7-17(27(29)30)15-20(19)33-22)21(28)11-14-34(31,32)18-8-5-16(23)6-9-18/h5-10,15H,3-4,11-14H2,1-2H3.